The first-order chi connectivity index (χ1) is 16.4. The highest BCUT2D eigenvalue weighted by Crippen LogP contribution is 2.23. The number of amides is 1. The van der Waals surface area contributed by atoms with Crippen molar-refractivity contribution in [2.75, 3.05) is 0 Å². The van der Waals surface area contributed by atoms with Crippen LogP contribution in [0.5, 0.6) is 5.75 Å². The largest absolute Gasteiger partial charge is 0.489 e. The van der Waals surface area contributed by atoms with Crippen molar-refractivity contribution in [3.8, 4) is 11.4 Å². The number of carbonyl (C=O) groups excluding carboxylic acids is 1. The van der Waals surface area contributed by atoms with Crippen molar-refractivity contribution < 1.29 is 9.53 Å². The van der Waals surface area contributed by atoms with Gasteiger partial charge in [0.05, 0.1) is 6.21 Å². The molecule has 4 aromatic rings. The van der Waals surface area contributed by atoms with Crippen LogP contribution in [0, 0.1) is 13.8 Å². The second-order valence-electron chi connectivity index (χ2n) is 7.74. The molecule has 1 heterocycles. The molecular formula is C27H23Cl2N3O2. The fourth-order valence-corrected chi connectivity index (χ4v) is 3.93. The minimum absolute atomic E-state index is 0.297. The van der Waals surface area contributed by atoms with Crippen LogP contribution in [0.1, 0.15) is 32.9 Å². The maximum absolute atomic E-state index is 12.2. The van der Waals surface area contributed by atoms with Gasteiger partial charge in [0.1, 0.15) is 12.4 Å². The van der Waals surface area contributed by atoms with E-state index in [1.54, 1.807) is 30.5 Å². The van der Waals surface area contributed by atoms with E-state index in [1.807, 2.05) is 68.4 Å². The number of benzene rings is 3. The van der Waals surface area contributed by atoms with Crippen LogP contribution in [0.3, 0.4) is 0 Å². The molecule has 0 bridgehead atoms. The SMILES string of the molecule is Cc1cc(/C=N\NC(=O)c2ccc(Cl)cc2)c(C)n1-c1ccc(OCc2ccccc2Cl)cc1. The number of nitrogens with one attached hydrogen (secondary N) is 1. The van der Waals surface area contributed by atoms with E-state index in [1.165, 1.54) is 0 Å². The summed E-state index contributed by atoms with van der Waals surface area (Å²) in [5.41, 5.74) is 7.96. The lowest BCUT2D eigenvalue weighted by atomic mass is 10.2. The van der Waals surface area contributed by atoms with E-state index in [0.29, 0.717) is 22.2 Å². The summed E-state index contributed by atoms with van der Waals surface area (Å²) < 4.78 is 8.01. The molecule has 172 valence electrons. The van der Waals surface area contributed by atoms with Gasteiger partial charge in [0.25, 0.3) is 5.91 Å². The second-order valence-corrected chi connectivity index (χ2v) is 8.59. The van der Waals surface area contributed by atoms with E-state index in [4.69, 9.17) is 27.9 Å². The van der Waals surface area contributed by atoms with Crippen molar-refractivity contribution >= 4 is 35.3 Å². The molecule has 7 heteroatoms. The van der Waals surface area contributed by atoms with Crippen LogP contribution >= 0.6 is 23.2 Å². The van der Waals surface area contributed by atoms with E-state index in [0.717, 1.165) is 34.0 Å². The van der Waals surface area contributed by atoms with E-state index in [2.05, 4.69) is 15.1 Å². The van der Waals surface area contributed by atoms with Crippen molar-refractivity contribution in [1.29, 1.82) is 0 Å². The zero-order chi connectivity index (χ0) is 24.1. The van der Waals surface area contributed by atoms with Crippen molar-refractivity contribution in [3.05, 3.63) is 117 Å². The predicted octanol–water partition coefficient (Wildman–Crippen LogP) is 6.74. The molecule has 0 aliphatic carbocycles. The van der Waals surface area contributed by atoms with Crippen molar-refractivity contribution in [3.63, 3.8) is 0 Å². The number of nitrogens with zero attached hydrogens (tertiary/aromatic N) is 2. The summed E-state index contributed by atoms with van der Waals surface area (Å²) in [7, 11) is 0. The van der Waals surface area contributed by atoms with Crippen LogP contribution in [0.15, 0.2) is 84.0 Å². The Balaban J connectivity index is 1.43. The fourth-order valence-electron chi connectivity index (χ4n) is 3.61. The molecule has 5 nitrogen and oxygen atoms in total. The average Bonchev–Trinajstić information content (AvgIpc) is 3.12. The molecule has 3 aromatic carbocycles. The van der Waals surface area contributed by atoms with Crippen LogP contribution in [0.25, 0.3) is 5.69 Å². The van der Waals surface area contributed by atoms with E-state index >= 15 is 0 Å². The number of hydrazone groups is 1. The smallest absolute Gasteiger partial charge is 0.271 e. The molecule has 0 saturated carbocycles. The molecule has 1 amide bonds. The topological polar surface area (TPSA) is 55.6 Å². The van der Waals surface area contributed by atoms with E-state index in [-0.39, 0.29) is 5.91 Å². The zero-order valence-corrected chi connectivity index (χ0v) is 20.3. The van der Waals surface area contributed by atoms with Gasteiger partial charge in [-0.2, -0.15) is 5.10 Å². The summed E-state index contributed by atoms with van der Waals surface area (Å²) in [4.78, 5) is 12.2. The Bertz CT molecular complexity index is 1330. The third-order valence-corrected chi connectivity index (χ3v) is 6.01. The average molecular weight is 492 g/mol. The predicted molar refractivity (Wildman–Crippen MR) is 138 cm³/mol. The summed E-state index contributed by atoms with van der Waals surface area (Å²) in [5.74, 6) is 0.465. The van der Waals surface area contributed by atoms with Crippen LogP contribution in [0.4, 0.5) is 0 Å². The highest BCUT2D eigenvalue weighted by Gasteiger charge is 2.10. The minimum Gasteiger partial charge on any atom is -0.489 e. The Hall–Kier alpha value is -3.54. The number of aryl methyl sites for hydroxylation is 1. The Morgan fingerprint density at radius 1 is 1.00 bits per heavy atom. The summed E-state index contributed by atoms with van der Waals surface area (Å²) in [6, 6.07) is 24.2. The van der Waals surface area contributed by atoms with Crippen LogP contribution in [-0.2, 0) is 6.61 Å². The monoisotopic (exact) mass is 491 g/mol. The molecule has 0 unspecified atom stereocenters. The van der Waals surface area contributed by atoms with E-state index < -0.39 is 0 Å². The van der Waals surface area contributed by atoms with Crippen molar-refractivity contribution in [2.24, 2.45) is 5.10 Å². The lowest BCUT2D eigenvalue weighted by Gasteiger charge is -2.12. The lowest BCUT2D eigenvalue weighted by molar-refractivity contribution is 0.0955. The van der Waals surface area contributed by atoms with Crippen LogP contribution < -0.4 is 10.2 Å². The van der Waals surface area contributed by atoms with Crippen molar-refractivity contribution in [1.82, 2.24) is 9.99 Å². The van der Waals surface area contributed by atoms with Gasteiger partial charge in [-0.15, -0.1) is 0 Å². The molecule has 0 aliphatic heterocycles. The highest BCUT2D eigenvalue weighted by atomic mass is 35.5. The summed E-state index contributed by atoms with van der Waals surface area (Å²) in [5, 5.41) is 5.39. The number of aromatic nitrogens is 1. The molecular weight excluding hydrogens is 469 g/mol. The first kappa shape index (κ1) is 23.6. The third-order valence-electron chi connectivity index (χ3n) is 5.39. The molecule has 4 rings (SSSR count). The van der Waals surface area contributed by atoms with Gasteiger partial charge in [-0.25, -0.2) is 5.43 Å². The van der Waals surface area contributed by atoms with Crippen LogP contribution in [-0.4, -0.2) is 16.7 Å². The Morgan fingerprint density at radius 2 is 1.71 bits per heavy atom. The second kappa shape index (κ2) is 10.6. The molecule has 0 saturated heterocycles. The van der Waals surface area contributed by atoms with Gasteiger partial charge in [-0.1, -0.05) is 41.4 Å². The molecule has 0 fully saturated rings. The van der Waals surface area contributed by atoms with Gasteiger partial charge >= 0.3 is 0 Å². The highest BCUT2D eigenvalue weighted by molar-refractivity contribution is 6.31. The van der Waals surface area contributed by atoms with Gasteiger partial charge in [-0.05, 0) is 74.5 Å². The maximum atomic E-state index is 12.2. The first-order valence-corrected chi connectivity index (χ1v) is 11.4. The molecule has 0 aliphatic rings. The number of ether oxygens (including phenoxy) is 1. The Labute approximate surface area is 208 Å². The maximum Gasteiger partial charge on any atom is 0.271 e. The Kier molecular flexibility index (Phi) is 7.36. The lowest BCUT2D eigenvalue weighted by Crippen LogP contribution is -2.17. The number of halogens is 2. The minimum atomic E-state index is -0.297. The Morgan fingerprint density at radius 3 is 2.41 bits per heavy atom. The molecule has 0 spiro atoms. The molecule has 0 radical (unpaired) electrons. The number of rotatable bonds is 7. The van der Waals surface area contributed by atoms with Crippen LogP contribution in [0.2, 0.25) is 10.0 Å². The number of hydrogen-bond acceptors (Lipinski definition) is 3. The standard InChI is InChI=1S/C27H23Cl2N3O2/c1-18-15-22(16-30-31-27(33)20-7-9-23(28)10-8-20)19(2)32(18)24-11-13-25(14-12-24)34-17-21-5-3-4-6-26(21)29/h3-16H,17H2,1-2H3,(H,31,33)/b30-16-. The van der Waals surface area contributed by atoms with E-state index in [9.17, 15) is 4.79 Å². The third kappa shape index (κ3) is 5.50. The number of hydrogen-bond donors (Lipinski definition) is 1. The fraction of sp³-hybridized carbons (Fsp3) is 0.111. The van der Waals surface area contributed by atoms with Gasteiger partial charge in [-0.3, -0.25) is 4.79 Å². The van der Waals surface area contributed by atoms with Gasteiger partial charge < -0.3 is 9.30 Å². The first-order valence-electron chi connectivity index (χ1n) is 10.7. The zero-order valence-electron chi connectivity index (χ0n) is 18.8. The summed E-state index contributed by atoms with van der Waals surface area (Å²) in [6.07, 6.45) is 1.65. The molecule has 0 atom stereocenters. The van der Waals surface area contributed by atoms with Crippen molar-refractivity contribution in [2.45, 2.75) is 20.5 Å². The number of carbonyl (C=O) groups is 1. The summed E-state index contributed by atoms with van der Waals surface area (Å²) >= 11 is 12.1. The van der Waals surface area contributed by atoms with Gasteiger partial charge in [0.15, 0.2) is 0 Å². The molecule has 34 heavy (non-hydrogen) atoms. The van der Waals surface area contributed by atoms with Gasteiger partial charge in [0, 0.05) is 43.8 Å². The summed E-state index contributed by atoms with van der Waals surface area (Å²) in [6.45, 7) is 4.44. The quantitative estimate of drug-likeness (QED) is 0.229. The van der Waals surface area contributed by atoms with Gasteiger partial charge in [0.2, 0.25) is 0 Å². The molecule has 1 N–H and O–H groups in total. The molecule has 1 aromatic heterocycles. The normalized spacial score (nSPS) is 11.1.